The minimum Gasteiger partial charge on any atom is -0.365 e. The molecule has 3 amide bonds. The number of fused-ring (bicyclic) bond motifs is 1. The summed E-state index contributed by atoms with van der Waals surface area (Å²) in [5.74, 6) is -0.131. The van der Waals surface area contributed by atoms with E-state index in [4.69, 9.17) is 17.3 Å². The summed E-state index contributed by atoms with van der Waals surface area (Å²) >= 11 is 6.48. The van der Waals surface area contributed by atoms with Crippen LogP contribution >= 0.6 is 11.6 Å². The summed E-state index contributed by atoms with van der Waals surface area (Å²) in [6.45, 7) is 3.48. The average Bonchev–Trinajstić information content (AvgIpc) is 3.36. The van der Waals surface area contributed by atoms with Crippen molar-refractivity contribution in [3.63, 3.8) is 0 Å². The molecule has 2 aromatic rings. The molecule has 1 aliphatic carbocycles. The fraction of sp³-hybridized carbons (Fsp3) is 0.368. The van der Waals surface area contributed by atoms with Gasteiger partial charge in [0, 0.05) is 30.4 Å². The number of aryl methyl sites for hydroxylation is 1. The summed E-state index contributed by atoms with van der Waals surface area (Å²) in [7, 11) is 0. The van der Waals surface area contributed by atoms with Gasteiger partial charge in [-0.1, -0.05) is 23.7 Å². The van der Waals surface area contributed by atoms with Crippen molar-refractivity contribution in [2.75, 3.05) is 11.9 Å². The number of nitrogens with zero attached hydrogens (tertiary/aromatic N) is 2. The van der Waals surface area contributed by atoms with E-state index in [0.717, 1.165) is 35.5 Å². The molecule has 0 spiro atoms. The first-order valence-electron chi connectivity index (χ1n) is 8.79. The van der Waals surface area contributed by atoms with Crippen LogP contribution in [0.25, 0.3) is 0 Å². The number of anilines is 1. The van der Waals surface area contributed by atoms with Gasteiger partial charge in [-0.2, -0.15) is 0 Å². The number of benzene rings is 1. The van der Waals surface area contributed by atoms with Gasteiger partial charge in [-0.25, -0.2) is 4.79 Å². The molecule has 2 aliphatic rings. The van der Waals surface area contributed by atoms with Gasteiger partial charge in [0.15, 0.2) is 0 Å². The Balaban J connectivity index is 1.60. The number of carbonyl (C=O) groups excluding carboxylic acids is 2. The van der Waals surface area contributed by atoms with Crippen molar-refractivity contribution in [3.8, 4) is 0 Å². The molecule has 0 bridgehead atoms. The largest absolute Gasteiger partial charge is 0.365 e. The van der Waals surface area contributed by atoms with Crippen LogP contribution in [0.1, 0.15) is 46.1 Å². The van der Waals surface area contributed by atoms with E-state index in [0.29, 0.717) is 36.1 Å². The molecule has 3 N–H and O–H groups in total. The van der Waals surface area contributed by atoms with E-state index < -0.39 is 5.91 Å². The van der Waals surface area contributed by atoms with Gasteiger partial charge in [-0.3, -0.25) is 4.79 Å². The van der Waals surface area contributed by atoms with Gasteiger partial charge in [0.2, 0.25) is 0 Å². The van der Waals surface area contributed by atoms with Gasteiger partial charge >= 0.3 is 6.03 Å². The van der Waals surface area contributed by atoms with Crippen molar-refractivity contribution in [1.82, 2.24) is 9.47 Å². The molecule has 1 aliphatic heterocycles. The number of halogens is 1. The highest BCUT2D eigenvalue weighted by Crippen LogP contribution is 2.46. The Morgan fingerprint density at radius 3 is 2.69 bits per heavy atom. The zero-order chi connectivity index (χ0) is 18.4. The third-order valence-electron chi connectivity index (χ3n) is 5.05. The number of hydrogen-bond donors (Lipinski definition) is 2. The number of carbonyl (C=O) groups is 2. The zero-order valence-electron chi connectivity index (χ0n) is 14.6. The van der Waals surface area contributed by atoms with E-state index in [9.17, 15) is 9.59 Å². The van der Waals surface area contributed by atoms with E-state index in [2.05, 4.69) is 9.88 Å². The Labute approximate surface area is 156 Å². The molecule has 1 fully saturated rings. The summed E-state index contributed by atoms with van der Waals surface area (Å²) in [5.41, 5.74) is 9.52. The van der Waals surface area contributed by atoms with Crippen LogP contribution in [-0.2, 0) is 13.1 Å². The van der Waals surface area contributed by atoms with Crippen LogP contribution in [0.2, 0.25) is 5.02 Å². The quantitative estimate of drug-likeness (QED) is 0.864. The van der Waals surface area contributed by atoms with Crippen LogP contribution in [-0.4, -0.2) is 28.0 Å². The smallest absolute Gasteiger partial charge is 0.322 e. The molecular weight excluding hydrogens is 352 g/mol. The second-order valence-corrected chi connectivity index (χ2v) is 7.41. The summed E-state index contributed by atoms with van der Waals surface area (Å²) in [4.78, 5) is 26.3. The van der Waals surface area contributed by atoms with Crippen molar-refractivity contribution in [2.45, 2.75) is 38.8 Å². The first-order valence-corrected chi connectivity index (χ1v) is 9.16. The van der Waals surface area contributed by atoms with Crippen LogP contribution in [0, 0.1) is 6.92 Å². The highest BCUT2D eigenvalue weighted by molar-refractivity contribution is 6.35. The number of primary amides is 1. The Bertz CT molecular complexity index is 901. The summed E-state index contributed by atoms with van der Waals surface area (Å²) < 4.78 is 2.09. The lowest BCUT2D eigenvalue weighted by atomic mass is 10.2. The Morgan fingerprint density at radius 2 is 2.04 bits per heavy atom. The van der Waals surface area contributed by atoms with Gasteiger partial charge in [0.25, 0.3) is 5.91 Å². The number of aromatic nitrogens is 1. The third kappa shape index (κ3) is 2.94. The molecule has 1 aromatic heterocycles. The second-order valence-electron chi connectivity index (χ2n) is 7.03. The SMILES string of the molecule is Cc1cccc(NC(=O)N2CCn3c(c(C(N)=O)c(Cl)c3C3CC3)C2)c1. The topological polar surface area (TPSA) is 80.4 Å². The first kappa shape index (κ1) is 17.0. The van der Waals surface area contributed by atoms with Crippen molar-refractivity contribution in [3.05, 3.63) is 51.8 Å². The Morgan fingerprint density at radius 1 is 1.27 bits per heavy atom. The molecule has 7 heteroatoms. The van der Waals surface area contributed by atoms with Crippen LogP contribution < -0.4 is 11.1 Å². The van der Waals surface area contributed by atoms with E-state index in [1.54, 1.807) is 4.90 Å². The van der Waals surface area contributed by atoms with Crippen molar-refractivity contribution < 1.29 is 9.59 Å². The third-order valence-corrected chi connectivity index (χ3v) is 5.43. The number of urea groups is 1. The lowest BCUT2D eigenvalue weighted by Crippen LogP contribution is -2.41. The molecule has 136 valence electrons. The van der Waals surface area contributed by atoms with E-state index in [1.807, 2.05) is 31.2 Å². The maximum atomic E-state index is 12.7. The predicted octanol–water partition coefficient (Wildman–Crippen LogP) is 3.47. The lowest BCUT2D eigenvalue weighted by Gasteiger charge is -2.30. The van der Waals surface area contributed by atoms with Gasteiger partial charge in [-0.05, 0) is 37.5 Å². The zero-order valence-corrected chi connectivity index (χ0v) is 15.3. The molecule has 6 nitrogen and oxygen atoms in total. The molecular formula is C19H21ClN4O2. The average molecular weight is 373 g/mol. The summed E-state index contributed by atoms with van der Waals surface area (Å²) in [6.07, 6.45) is 2.16. The van der Waals surface area contributed by atoms with E-state index in [1.165, 1.54) is 0 Å². The standard InChI is InChI=1S/C19H21ClN4O2/c1-11-3-2-4-13(9-11)22-19(26)23-7-8-24-14(10-23)15(18(21)25)16(20)17(24)12-5-6-12/h2-4,9,12H,5-8,10H2,1H3,(H2,21,25)(H,22,26). The molecule has 26 heavy (non-hydrogen) atoms. The number of nitrogens with two attached hydrogens (primary N) is 1. The Kier molecular flexibility index (Phi) is 4.15. The van der Waals surface area contributed by atoms with Gasteiger partial charge < -0.3 is 20.5 Å². The number of rotatable bonds is 3. The van der Waals surface area contributed by atoms with Gasteiger partial charge in [0.05, 0.1) is 22.8 Å². The molecule has 0 unspecified atom stereocenters. The molecule has 2 heterocycles. The minimum atomic E-state index is -0.536. The normalized spacial score (nSPS) is 16.3. The van der Waals surface area contributed by atoms with Crippen molar-refractivity contribution in [1.29, 1.82) is 0 Å². The number of amides is 3. The van der Waals surface area contributed by atoms with Crippen LogP contribution in [0.4, 0.5) is 10.5 Å². The van der Waals surface area contributed by atoms with Crippen LogP contribution in [0.3, 0.4) is 0 Å². The monoisotopic (exact) mass is 372 g/mol. The van der Waals surface area contributed by atoms with Gasteiger partial charge in [-0.15, -0.1) is 0 Å². The lowest BCUT2D eigenvalue weighted by molar-refractivity contribution is 0.0997. The fourth-order valence-corrected chi connectivity index (χ4v) is 4.12. The maximum Gasteiger partial charge on any atom is 0.322 e. The summed E-state index contributed by atoms with van der Waals surface area (Å²) in [5, 5.41) is 3.39. The fourth-order valence-electron chi connectivity index (χ4n) is 3.66. The molecule has 1 aromatic carbocycles. The van der Waals surface area contributed by atoms with Crippen molar-refractivity contribution in [2.24, 2.45) is 5.73 Å². The van der Waals surface area contributed by atoms with E-state index in [-0.39, 0.29) is 6.03 Å². The van der Waals surface area contributed by atoms with Crippen LogP contribution in [0.5, 0.6) is 0 Å². The number of nitrogens with one attached hydrogen (secondary N) is 1. The maximum absolute atomic E-state index is 12.7. The predicted molar refractivity (Wildman–Crippen MR) is 101 cm³/mol. The number of hydrogen-bond acceptors (Lipinski definition) is 2. The molecule has 0 saturated heterocycles. The Hall–Kier alpha value is -2.47. The highest BCUT2D eigenvalue weighted by Gasteiger charge is 2.37. The second kappa shape index (κ2) is 6.36. The molecule has 4 rings (SSSR count). The van der Waals surface area contributed by atoms with E-state index >= 15 is 0 Å². The molecule has 1 saturated carbocycles. The molecule has 0 atom stereocenters. The minimum absolute atomic E-state index is 0.192. The first-order chi connectivity index (χ1) is 12.5. The van der Waals surface area contributed by atoms with Crippen molar-refractivity contribution >= 4 is 29.2 Å². The van der Waals surface area contributed by atoms with Crippen LogP contribution in [0.15, 0.2) is 24.3 Å². The van der Waals surface area contributed by atoms with Gasteiger partial charge in [0.1, 0.15) is 0 Å². The highest BCUT2D eigenvalue weighted by atomic mass is 35.5. The summed E-state index contributed by atoms with van der Waals surface area (Å²) in [6, 6.07) is 7.46. The molecule has 0 radical (unpaired) electrons.